The van der Waals surface area contributed by atoms with Gasteiger partial charge in [-0.1, -0.05) is 201 Å². The predicted molar refractivity (Wildman–Crippen MR) is 176 cm³/mol. The van der Waals surface area contributed by atoms with Gasteiger partial charge in [0.1, 0.15) is 0 Å². The van der Waals surface area contributed by atoms with Gasteiger partial charge in [0.05, 0.1) is 8.80 Å². The summed E-state index contributed by atoms with van der Waals surface area (Å²) in [6, 6.07) is 13.4. The van der Waals surface area contributed by atoms with E-state index in [0.717, 1.165) is 29.2 Å². The number of halogens is 3. The largest absolute Gasteiger partial charge is 4.00 e. The average Bonchev–Trinajstić information content (AvgIpc) is 3.36. The third-order valence-electron chi connectivity index (χ3n) is 10.7. The third kappa shape index (κ3) is 14.4. The van der Waals surface area contributed by atoms with Gasteiger partial charge in [0, 0.05) is 0 Å². The monoisotopic (exact) mass is 698 g/mol. The van der Waals surface area contributed by atoms with Gasteiger partial charge in [0.2, 0.25) is 0 Å². The van der Waals surface area contributed by atoms with Crippen LogP contribution in [0.3, 0.4) is 0 Å². The van der Waals surface area contributed by atoms with E-state index in [9.17, 15) is 0 Å². The molecule has 0 aliphatic heterocycles. The van der Waals surface area contributed by atoms with E-state index in [-0.39, 0.29) is 58.9 Å². The van der Waals surface area contributed by atoms with Gasteiger partial charge in [-0.25, -0.2) is 0 Å². The number of hydrogen-bond acceptors (Lipinski definition) is 0. The van der Waals surface area contributed by atoms with Gasteiger partial charge in [-0.15, -0.1) is 12.0 Å². The maximum absolute atomic E-state index is 2.82. The van der Waals surface area contributed by atoms with E-state index in [1.54, 1.807) is 5.19 Å². The zero-order valence-corrected chi connectivity index (χ0v) is 32.4. The van der Waals surface area contributed by atoms with Crippen LogP contribution in [0.25, 0.3) is 0 Å². The normalized spacial score (nSPS) is 24.7. The van der Waals surface area contributed by atoms with Crippen LogP contribution in [-0.2, 0) is 21.7 Å². The molecule has 2 fully saturated rings. The zero-order chi connectivity index (χ0) is 27.1. The van der Waals surface area contributed by atoms with Crippen molar-refractivity contribution in [2.45, 2.75) is 141 Å². The molecule has 4 rings (SSSR count). The summed E-state index contributed by atoms with van der Waals surface area (Å²) in [6.45, 7) is 4.82. The Labute approximate surface area is 302 Å². The molecule has 0 heterocycles. The summed E-state index contributed by atoms with van der Waals surface area (Å²) < 4.78 is 0. The van der Waals surface area contributed by atoms with Gasteiger partial charge in [0.15, 0.2) is 0 Å². The van der Waals surface area contributed by atoms with Crippen LogP contribution in [0.4, 0.5) is 0 Å². The Kier molecular flexibility index (Phi) is 25.9. The molecule has 3 aliphatic carbocycles. The van der Waals surface area contributed by atoms with Gasteiger partial charge >= 0.3 is 21.7 Å². The average molecular weight is 700 g/mol. The Bertz CT molecular complexity index is 847. The summed E-state index contributed by atoms with van der Waals surface area (Å²) in [5.41, 5.74) is 0.983. The van der Waals surface area contributed by atoms with Crippen molar-refractivity contribution in [1.82, 2.24) is 0 Å². The smallest absolute Gasteiger partial charge is 1.00 e. The first kappa shape index (κ1) is 43.5. The minimum absolute atomic E-state index is 0. The van der Waals surface area contributed by atoms with Crippen LogP contribution >= 0.6 is 0 Å². The summed E-state index contributed by atoms with van der Waals surface area (Å²) in [7, 11) is -0.985. The van der Waals surface area contributed by atoms with Crippen LogP contribution in [0.15, 0.2) is 54.6 Å². The Morgan fingerprint density at radius 2 is 1.33 bits per heavy atom. The Hall–Kier alpha value is 0.501. The molecule has 0 radical (unpaired) electrons. The first-order valence-electron chi connectivity index (χ1n) is 17.5. The van der Waals surface area contributed by atoms with E-state index in [1.165, 1.54) is 122 Å². The molecule has 0 saturated heterocycles. The van der Waals surface area contributed by atoms with E-state index >= 15 is 0 Å². The fourth-order valence-corrected chi connectivity index (χ4v) is 12.8. The van der Waals surface area contributed by atoms with Crippen LogP contribution in [0.5, 0.6) is 0 Å². The molecule has 43 heavy (non-hydrogen) atoms. The van der Waals surface area contributed by atoms with Crippen LogP contribution in [-0.4, -0.2) is 8.80 Å². The second kappa shape index (κ2) is 25.6. The van der Waals surface area contributed by atoms with Crippen molar-refractivity contribution >= 4 is 14.0 Å². The van der Waals surface area contributed by atoms with Crippen LogP contribution in [0, 0.1) is 36.0 Å². The Morgan fingerprint density at radius 1 is 0.744 bits per heavy atom. The number of benzene rings is 1. The molecule has 2 saturated carbocycles. The minimum Gasteiger partial charge on any atom is -1.00 e. The number of fused-ring (bicyclic) bond motifs is 3. The molecule has 1 aromatic carbocycles. The molecule has 3 aliphatic rings. The van der Waals surface area contributed by atoms with Crippen LogP contribution < -0.4 is 42.4 Å². The molecule has 7 atom stereocenters. The van der Waals surface area contributed by atoms with Crippen molar-refractivity contribution in [3.8, 4) is 0 Å². The van der Waals surface area contributed by atoms with Crippen LogP contribution in [0.1, 0.15) is 129 Å². The van der Waals surface area contributed by atoms with E-state index < -0.39 is 8.80 Å². The number of rotatable bonds is 19. The molecule has 0 nitrogen and oxygen atoms in total. The Balaban J connectivity index is 0.00000441. The van der Waals surface area contributed by atoms with Crippen molar-refractivity contribution in [2.75, 3.05) is 0 Å². The molecule has 1 aromatic rings. The minimum atomic E-state index is -0.985. The summed E-state index contributed by atoms with van der Waals surface area (Å²) in [4.78, 5) is 0. The Morgan fingerprint density at radius 3 is 1.98 bits per heavy atom. The second-order valence-electron chi connectivity index (χ2n) is 13.7. The second-order valence-corrected chi connectivity index (χ2v) is 17.0. The fraction of sp³-hybridized carbons (Fsp3) is 0.711. The quantitative estimate of drug-likeness (QED) is 0.118. The molecule has 7 unspecified atom stereocenters. The molecule has 5 heteroatoms. The summed E-state index contributed by atoms with van der Waals surface area (Å²) in [5, 5.41) is 1.76. The van der Waals surface area contributed by atoms with Crippen LogP contribution in [0.2, 0.25) is 11.6 Å². The topological polar surface area (TPSA) is 0 Å². The number of hydrogen-bond donors (Lipinski definition) is 0. The van der Waals surface area contributed by atoms with Gasteiger partial charge in [-0.3, -0.25) is 0 Å². The fourth-order valence-electron chi connectivity index (χ4n) is 8.50. The van der Waals surface area contributed by atoms with E-state index in [2.05, 4.69) is 74.9 Å². The zero-order valence-electron chi connectivity index (χ0n) is 27.4. The maximum atomic E-state index is 2.82. The molecule has 0 aromatic heterocycles. The van der Waals surface area contributed by atoms with Crippen molar-refractivity contribution in [2.24, 2.45) is 29.6 Å². The van der Waals surface area contributed by atoms with Crippen molar-refractivity contribution in [1.29, 1.82) is 0 Å². The van der Waals surface area contributed by atoms with Gasteiger partial charge in [-0.2, -0.15) is 5.92 Å². The SMILES string of the molecule is CCCCCCCCCC(C)CCCCCCCC[SiH](c1ccccc1)C1CCCC2C3C=CC=CC3[CH-]C21.[Cl-].[Cl-].[Cl-].[Ti+4]. The van der Waals surface area contributed by atoms with Crippen molar-refractivity contribution in [3.63, 3.8) is 0 Å². The molecular formula is C38H61Cl3SiTi. The van der Waals surface area contributed by atoms with Crippen molar-refractivity contribution in [3.05, 3.63) is 61.1 Å². The molecule has 0 amide bonds. The third-order valence-corrected chi connectivity index (χ3v) is 14.8. The van der Waals surface area contributed by atoms with E-state index in [1.807, 2.05) is 0 Å². The molecule has 0 N–H and O–H groups in total. The molecule has 242 valence electrons. The molecule has 0 spiro atoms. The molecular weight excluding hydrogens is 639 g/mol. The summed E-state index contributed by atoms with van der Waals surface area (Å²) in [6.07, 6.45) is 38.7. The van der Waals surface area contributed by atoms with Gasteiger partial charge in [0.25, 0.3) is 0 Å². The predicted octanol–water partition coefficient (Wildman–Crippen LogP) is 2.00. The first-order chi connectivity index (χ1) is 19.3. The van der Waals surface area contributed by atoms with E-state index in [0.29, 0.717) is 5.92 Å². The first-order valence-corrected chi connectivity index (χ1v) is 19.6. The maximum Gasteiger partial charge on any atom is 4.00 e. The summed E-state index contributed by atoms with van der Waals surface area (Å²) >= 11 is 0. The van der Waals surface area contributed by atoms with Crippen molar-refractivity contribution < 1.29 is 58.9 Å². The van der Waals surface area contributed by atoms with E-state index in [4.69, 9.17) is 0 Å². The standard InChI is InChI=1S/C38H61Si.3ClH.Ti/c1-3-4-5-6-7-10-14-22-32(2)23-15-11-8-9-12-20-30-39(34-25-16-13-17-26-34)38-29-21-28-36-35-27-19-18-24-33(35)31-37(36)38;;;;/h13,16-19,24-27,31-33,35-39H,3-12,14-15,20-23,28-30H2,1-2H3;3*1H;/q-1;;;;+4/p-3. The summed E-state index contributed by atoms with van der Waals surface area (Å²) in [5.74, 6) is 4.25. The van der Waals surface area contributed by atoms with Gasteiger partial charge < -0.3 is 43.6 Å². The number of unbranched alkanes of at least 4 members (excludes halogenated alkanes) is 11. The van der Waals surface area contributed by atoms with Gasteiger partial charge in [-0.05, 0) is 11.8 Å². The molecule has 0 bridgehead atoms. The number of allylic oxidation sites excluding steroid dienone is 4.